The molecule has 2 N–H and O–H groups in total. The summed E-state index contributed by atoms with van der Waals surface area (Å²) in [4.78, 5) is 0. The number of nitrogens with two attached hydrogens (primary N) is 1. The highest BCUT2D eigenvalue weighted by Crippen LogP contribution is 2.09. The van der Waals surface area contributed by atoms with Crippen LogP contribution in [-0.2, 0) is 0 Å². The lowest BCUT2D eigenvalue weighted by molar-refractivity contribution is 0.912. The van der Waals surface area contributed by atoms with E-state index in [1.807, 2.05) is 0 Å². The van der Waals surface area contributed by atoms with Gasteiger partial charge in [-0.05, 0) is 13.0 Å². The quantitative estimate of drug-likeness (QED) is 0.641. The first-order valence-corrected chi connectivity index (χ1v) is 6.97. The average Bonchev–Trinajstić information content (AvgIpc) is 1.59. The molecular formula is C6H18ClNSi. The summed E-state index contributed by atoms with van der Waals surface area (Å²) in [6.07, 6.45) is 1.22. The maximum absolute atomic E-state index is 5.36. The van der Waals surface area contributed by atoms with E-state index in [9.17, 15) is 0 Å². The standard InChI is InChI=1S/C6H17NSi.ClH/c1-8(2,3)6-4-5-7;/h4-7H2,1-3H3;1H. The molecule has 0 aliphatic heterocycles. The summed E-state index contributed by atoms with van der Waals surface area (Å²) in [5.74, 6) is 0. The molecule has 0 radical (unpaired) electrons. The monoisotopic (exact) mass is 167 g/mol. The molecule has 0 aromatic rings. The fraction of sp³-hybridized carbons (Fsp3) is 1.00. The Morgan fingerprint density at radius 1 is 1.22 bits per heavy atom. The fourth-order valence-corrected chi connectivity index (χ4v) is 1.90. The van der Waals surface area contributed by atoms with E-state index in [1.165, 1.54) is 12.5 Å². The second-order valence-corrected chi connectivity index (χ2v) is 9.07. The van der Waals surface area contributed by atoms with Gasteiger partial charge in [-0.2, -0.15) is 0 Å². The predicted molar refractivity (Wildman–Crippen MR) is 49.1 cm³/mol. The van der Waals surface area contributed by atoms with Crippen molar-refractivity contribution in [2.45, 2.75) is 32.1 Å². The molecule has 0 rings (SSSR count). The molecule has 0 aliphatic rings. The lowest BCUT2D eigenvalue weighted by Gasteiger charge is -2.13. The molecule has 0 atom stereocenters. The Morgan fingerprint density at radius 3 is 1.78 bits per heavy atom. The van der Waals surface area contributed by atoms with Crippen molar-refractivity contribution in [1.29, 1.82) is 0 Å². The van der Waals surface area contributed by atoms with Crippen molar-refractivity contribution >= 4 is 20.5 Å². The number of hydrogen-bond donors (Lipinski definition) is 1. The predicted octanol–water partition coefficient (Wildman–Crippen LogP) is 2.10. The van der Waals surface area contributed by atoms with Gasteiger partial charge in [0.25, 0.3) is 0 Å². The van der Waals surface area contributed by atoms with Crippen LogP contribution >= 0.6 is 12.4 Å². The average molecular weight is 168 g/mol. The van der Waals surface area contributed by atoms with Gasteiger partial charge in [0.05, 0.1) is 0 Å². The van der Waals surface area contributed by atoms with Crippen molar-refractivity contribution in [3.05, 3.63) is 0 Å². The van der Waals surface area contributed by atoms with E-state index < -0.39 is 8.07 Å². The minimum absolute atomic E-state index is 0. The van der Waals surface area contributed by atoms with Crippen LogP contribution in [0.25, 0.3) is 0 Å². The molecule has 0 amide bonds. The van der Waals surface area contributed by atoms with Gasteiger partial charge in [-0.15, -0.1) is 12.4 Å². The molecule has 0 spiro atoms. The SMILES string of the molecule is C[Si](C)(C)CCCN.Cl. The minimum atomic E-state index is -0.758. The summed E-state index contributed by atoms with van der Waals surface area (Å²) < 4.78 is 0. The molecule has 0 heterocycles. The first kappa shape index (κ1) is 12.2. The van der Waals surface area contributed by atoms with Crippen LogP contribution in [0, 0.1) is 0 Å². The molecule has 0 saturated carbocycles. The first-order chi connectivity index (χ1) is 3.56. The Kier molecular flexibility index (Phi) is 7.12. The van der Waals surface area contributed by atoms with Crippen molar-refractivity contribution in [3.8, 4) is 0 Å². The lowest BCUT2D eigenvalue weighted by atomic mass is 10.5. The third kappa shape index (κ3) is 11.8. The molecule has 3 heteroatoms. The number of hydrogen-bond acceptors (Lipinski definition) is 1. The minimum Gasteiger partial charge on any atom is -0.330 e. The topological polar surface area (TPSA) is 26.0 Å². The number of rotatable bonds is 3. The second kappa shape index (κ2) is 5.27. The molecular weight excluding hydrogens is 150 g/mol. The molecule has 0 aliphatic carbocycles. The smallest absolute Gasteiger partial charge is 0.0443 e. The van der Waals surface area contributed by atoms with Crippen LogP contribution in [-0.4, -0.2) is 14.6 Å². The Balaban J connectivity index is 0. The Bertz CT molecular complexity index is 60.6. The van der Waals surface area contributed by atoms with E-state index >= 15 is 0 Å². The van der Waals surface area contributed by atoms with Crippen LogP contribution in [0.4, 0.5) is 0 Å². The molecule has 58 valence electrons. The van der Waals surface area contributed by atoms with Crippen molar-refractivity contribution in [1.82, 2.24) is 0 Å². The van der Waals surface area contributed by atoms with Crippen LogP contribution < -0.4 is 5.73 Å². The fourth-order valence-electron chi connectivity index (χ4n) is 0.632. The largest absolute Gasteiger partial charge is 0.330 e. The van der Waals surface area contributed by atoms with Gasteiger partial charge in [0.2, 0.25) is 0 Å². The summed E-state index contributed by atoms with van der Waals surface area (Å²) in [6.45, 7) is 8.00. The summed E-state index contributed by atoms with van der Waals surface area (Å²) in [5, 5.41) is 0. The molecule has 9 heavy (non-hydrogen) atoms. The zero-order valence-electron chi connectivity index (χ0n) is 6.61. The zero-order chi connectivity index (χ0) is 6.62. The van der Waals surface area contributed by atoms with Crippen LogP contribution in [0.5, 0.6) is 0 Å². The van der Waals surface area contributed by atoms with Crippen molar-refractivity contribution in [3.63, 3.8) is 0 Å². The highest BCUT2D eigenvalue weighted by Gasteiger charge is 2.10. The molecule has 0 fully saturated rings. The Morgan fingerprint density at radius 2 is 1.67 bits per heavy atom. The van der Waals surface area contributed by atoms with Gasteiger partial charge < -0.3 is 5.73 Å². The first-order valence-electron chi connectivity index (χ1n) is 3.26. The molecule has 0 bridgehead atoms. The lowest BCUT2D eigenvalue weighted by Crippen LogP contribution is -2.20. The van der Waals surface area contributed by atoms with Gasteiger partial charge in [-0.3, -0.25) is 0 Å². The van der Waals surface area contributed by atoms with E-state index in [2.05, 4.69) is 19.6 Å². The van der Waals surface area contributed by atoms with E-state index in [1.54, 1.807) is 0 Å². The summed E-state index contributed by atoms with van der Waals surface area (Å²) in [6, 6.07) is 1.38. The van der Waals surface area contributed by atoms with E-state index in [0.717, 1.165) is 6.54 Å². The molecule has 0 aromatic heterocycles. The number of halogens is 1. The van der Waals surface area contributed by atoms with E-state index in [0.29, 0.717) is 0 Å². The van der Waals surface area contributed by atoms with Crippen LogP contribution in [0.2, 0.25) is 25.7 Å². The second-order valence-electron chi connectivity index (χ2n) is 3.45. The van der Waals surface area contributed by atoms with Gasteiger partial charge >= 0.3 is 0 Å². The molecule has 0 saturated heterocycles. The Labute approximate surface area is 65.4 Å². The van der Waals surface area contributed by atoms with Gasteiger partial charge in [-0.1, -0.05) is 25.7 Å². The summed E-state index contributed by atoms with van der Waals surface area (Å²) in [5.41, 5.74) is 5.36. The maximum atomic E-state index is 5.36. The van der Waals surface area contributed by atoms with Gasteiger partial charge in [0.1, 0.15) is 0 Å². The van der Waals surface area contributed by atoms with Crippen LogP contribution in [0.15, 0.2) is 0 Å². The third-order valence-corrected chi connectivity index (χ3v) is 2.98. The summed E-state index contributed by atoms with van der Waals surface area (Å²) in [7, 11) is -0.758. The summed E-state index contributed by atoms with van der Waals surface area (Å²) >= 11 is 0. The maximum Gasteiger partial charge on any atom is 0.0443 e. The van der Waals surface area contributed by atoms with Gasteiger partial charge in [-0.25, -0.2) is 0 Å². The highest BCUT2D eigenvalue weighted by molar-refractivity contribution is 6.76. The van der Waals surface area contributed by atoms with Gasteiger partial charge in [0, 0.05) is 8.07 Å². The van der Waals surface area contributed by atoms with E-state index in [-0.39, 0.29) is 12.4 Å². The van der Waals surface area contributed by atoms with Crippen molar-refractivity contribution in [2.75, 3.05) is 6.54 Å². The van der Waals surface area contributed by atoms with Crippen LogP contribution in [0.3, 0.4) is 0 Å². The normalized spacial score (nSPS) is 10.7. The molecule has 1 nitrogen and oxygen atoms in total. The third-order valence-electron chi connectivity index (χ3n) is 1.13. The van der Waals surface area contributed by atoms with Crippen molar-refractivity contribution < 1.29 is 0 Å². The van der Waals surface area contributed by atoms with E-state index in [4.69, 9.17) is 5.73 Å². The van der Waals surface area contributed by atoms with Crippen molar-refractivity contribution in [2.24, 2.45) is 5.73 Å². The Hall–Kier alpha value is 0.467. The molecule has 0 aromatic carbocycles. The zero-order valence-corrected chi connectivity index (χ0v) is 8.42. The molecule has 0 unspecified atom stereocenters. The van der Waals surface area contributed by atoms with Gasteiger partial charge in [0.15, 0.2) is 0 Å². The van der Waals surface area contributed by atoms with Crippen LogP contribution in [0.1, 0.15) is 6.42 Å². The highest BCUT2D eigenvalue weighted by atomic mass is 35.5.